The van der Waals surface area contributed by atoms with Crippen LogP contribution in [0.2, 0.25) is 5.15 Å². The summed E-state index contributed by atoms with van der Waals surface area (Å²) in [6.45, 7) is 4.77. The predicted octanol–water partition coefficient (Wildman–Crippen LogP) is 2.93. The summed E-state index contributed by atoms with van der Waals surface area (Å²) in [6, 6.07) is 3.09. The lowest BCUT2D eigenvalue weighted by Crippen LogP contribution is -2.34. The minimum absolute atomic E-state index is 0.163. The molecule has 1 aliphatic rings. The molecule has 106 valence electrons. The van der Waals surface area contributed by atoms with Crippen LogP contribution >= 0.6 is 11.6 Å². The summed E-state index contributed by atoms with van der Waals surface area (Å²) >= 11 is 5.78. The molecule has 0 N–H and O–H groups in total. The predicted molar refractivity (Wildman–Crippen MR) is 75.6 cm³/mol. The van der Waals surface area contributed by atoms with E-state index in [2.05, 4.69) is 18.8 Å². The summed E-state index contributed by atoms with van der Waals surface area (Å²) in [5.74, 6) is 0.484. The molecule has 0 saturated heterocycles. The molecule has 1 aromatic heterocycles. The first kappa shape index (κ1) is 14.8. The van der Waals surface area contributed by atoms with Crippen LogP contribution in [0.1, 0.15) is 33.1 Å². The molecule has 1 fully saturated rings. The van der Waals surface area contributed by atoms with Crippen LogP contribution in [-0.4, -0.2) is 30.3 Å². The first-order valence-electron chi connectivity index (χ1n) is 6.54. The molecule has 0 aromatic carbocycles. The van der Waals surface area contributed by atoms with Crippen LogP contribution in [0.15, 0.2) is 23.2 Å². The Morgan fingerprint density at radius 1 is 1.47 bits per heavy atom. The van der Waals surface area contributed by atoms with Crippen molar-refractivity contribution in [3.05, 3.63) is 23.5 Å². The second-order valence-electron chi connectivity index (χ2n) is 5.34. The number of hydrogen-bond donors (Lipinski definition) is 0. The van der Waals surface area contributed by atoms with Crippen LogP contribution in [-0.2, 0) is 10.0 Å². The quantitative estimate of drug-likeness (QED) is 0.759. The van der Waals surface area contributed by atoms with Crippen molar-refractivity contribution in [2.24, 2.45) is 5.92 Å². The first-order chi connectivity index (χ1) is 8.91. The molecule has 0 spiro atoms. The van der Waals surface area contributed by atoms with Gasteiger partial charge in [-0.25, -0.2) is 13.4 Å². The zero-order chi connectivity index (χ0) is 14.0. The normalized spacial score (nSPS) is 16.3. The average molecular weight is 303 g/mol. The minimum atomic E-state index is -3.45. The van der Waals surface area contributed by atoms with Gasteiger partial charge in [0.2, 0.25) is 10.0 Å². The summed E-state index contributed by atoms with van der Waals surface area (Å²) in [5.41, 5.74) is 0. The summed E-state index contributed by atoms with van der Waals surface area (Å²) in [6.07, 6.45) is 4.21. The zero-order valence-electron chi connectivity index (χ0n) is 11.2. The van der Waals surface area contributed by atoms with Crippen molar-refractivity contribution in [3.8, 4) is 0 Å². The second kappa shape index (κ2) is 5.77. The number of pyridine rings is 1. The molecular weight excluding hydrogens is 284 g/mol. The van der Waals surface area contributed by atoms with Gasteiger partial charge >= 0.3 is 0 Å². The molecule has 0 amide bonds. The lowest BCUT2D eigenvalue weighted by Gasteiger charge is -2.22. The molecule has 0 unspecified atom stereocenters. The maximum absolute atomic E-state index is 12.6. The Bertz CT molecular complexity index is 541. The van der Waals surface area contributed by atoms with Crippen molar-refractivity contribution in [1.82, 2.24) is 9.29 Å². The van der Waals surface area contributed by atoms with Crippen LogP contribution in [0.25, 0.3) is 0 Å². The molecule has 1 saturated carbocycles. The fourth-order valence-corrected chi connectivity index (χ4v) is 3.88. The van der Waals surface area contributed by atoms with E-state index in [0.717, 1.165) is 19.3 Å². The van der Waals surface area contributed by atoms with Gasteiger partial charge < -0.3 is 0 Å². The number of nitrogens with zero attached hydrogens (tertiary/aromatic N) is 2. The van der Waals surface area contributed by atoms with Gasteiger partial charge in [0, 0.05) is 18.8 Å². The van der Waals surface area contributed by atoms with Crippen molar-refractivity contribution in [3.63, 3.8) is 0 Å². The van der Waals surface area contributed by atoms with Crippen LogP contribution in [0.4, 0.5) is 0 Å². The van der Waals surface area contributed by atoms with Gasteiger partial charge in [0.1, 0.15) is 5.15 Å². The highest BCUT2D eigenvalue weighted by atomic mass is 35.5. The van der Waals surface area contributed by atoms with E-state index in [4.69, 9.17) is 11.6 Å². The molecule has 1 aromatic rings. The molecule has 0 bridgehead atoms. The molecule has 19 heavy (non-hydrogen) atoms. The Labute approximate surface area is 119 Å². The van der Waals surface area contributed by atoms with Gasteiger partial charge in [-0.2, -0.15) is 4.31 Å². The SMILES string of the molecule is CC(C)CCN(C1CC1)S(=O)(=O)c1ccnc(Cl)c1. The molecule has 1 aliphatic carbocycles. The molecule has 0 aliphatic heterocycles. The van der Waals surface area contributed by atoms with E-state index in [0.29, 0.717) is 12.5 Å². The highest BCUT2D eigenvalue weighted by Crippen LogP contribution is 2.32. The van der Waals surface area contributed by atoms with Crippen molar-refractivity contribution >= 4 is 21.6 Å². The van der Waals surface area contributed by atoms with E-state index in [9.17, 15) is 8.42 Å². The third-order valence-corrected chi connectivity index (χ3v) is 5.34. The topological polar surface area (TPSA) is 50.3 Å². The van der Waals surface area contributed by atoms with E-state index in [1.165, 1.54) is 18.3 Å². The molecule has 0 atom stereocenters. The zero-order valence-corrected chi connectivity index (χ0v) is 12.8. The van der Waals surface area contributed by atoms with Crippen LogP contribution in [0.5, 0.6) is 0 Å². The Hall–Kier alpha value is -0.650. The van der Waals surface area contributed by atoms with Crippen molar-refractivity contribution < 1.29 is 8.42 Å². The Morgan fingerprint density at radius 3 is 2.68 bits per heavy atom. The number of halogens is 1. The molecular formula is C13H19ClN2O2S. The summed E-state index contributed by atoms with van der Waals surface area (Å²) < 4.78 is 26.9. The van der Waals surface area contributed by atoms with Gasteiger partial charge in [0.15, 0.2) is 0 Å². The number of aromatic nitrogens is 1. The highest BCUT2D eigenvalue weighted by molar-refractivity contribution is 7.89. The van der Waals surface area contributed by atoms with E-state index < -0.39 is 10.0 Å². The molecule has 6 heteroatoms. The van der Waals surface area contributed by atoms with E-state index in [1.807, 2.05) is 0 Å². The number of rotatable bonds is 6. The Kier molecular flexibility index (Phi) is 4.48. The first-order valence-corrected chi connectivity index (χ1v) is 8.36. The highest BCUT2D eigenvalue weighted by Gasteiger charge is 2.37. The van der Waals surface area contributed by atoms with E-state index in [1.54, 1.807) is 4.31 Å². The summed E-state index contributed by atoms with van der Waals surface area (Å²) in [5, 5.41) is 0.209. The van der Waals surface area contributed by atoms with Gasteiger partial charge in [-0.15, -0.1) is 0 Å². The van der Waals surface area contributed by atoms with Crippen LogP contribution in [0.3, 0.4) is 0 Å². The lowest BCUT2D eigenvalue weighted by atomic mass is 10.1. The minimum Gasteiger partial charge on any atom is -0.244 e. The fourth-order valence-electron chi connectivity index (χ4n) is 1.93. The maximum Gasteiger partial charge on any atom is 0.243 e. The lowest BCUT2D eigenvalue weighted by molar-refractivity contribution is 0.373. The molecule has 4 nitrogen and oxygen atoms in total. The van der Waals surface area contributed by atoms with Crippen LogP contribution < -0.4 is 0 Å². The van der Waals surface area contributed by atoms with Gasteiger partial charge in [-0.1, -0.05) is 25.4 Å². The average Bonchev–Trinajstić information content (AvgIpc) is 3.13. The number of sulfonamides is 1. The molecule has 1 heterocycles. The Balaban J connectivity index is 2.24. The summed E-state index contributed by atoms with van der Waals surface area (Å²) in [4.78, 5) is 4.07. The second-order valence-corrected chi connectivity index (χ2v) is 7.62. The van der Waals surface area contributed by atoms with E-state index in [-0.39, 0.29) is 16.1 Å². The van der Waals surface area contributed by atoms with Crippen LogP contribution in [0, 0.1) is 5.92 Å². The van der Waals surface area contributed by atoms with Crippen molar-refractivity contribution in [1.29, 1.82) is 0 Å². The summed E-state index contributed by atoms with van der Waals surface area (Å²) in [7, 11) is -3.45. The van der Waals surface area contributed by atoms with Gasteiger partial charge in [-0.05, 0) is 37.3 Å². The van der Waals surface area contributed by atoms with Gasteiger partial charge in [0.05, 0.1) is 4.90 Å². The maximum atomic E-state index is 12.6. The largest absolute Gasteiger partial charge is 0.244 e. The Morgan fingerprint density at radius 2 is 2.16 bits per heavy atom. The third kappa shape index (κ3) is 3.68. The number of hydrogen-bond acceptors (Lipinski definition) is 3. The van der Waals surface area contributed by atoms with Gasteiger partial charge in [-0.3, -0.25) is 0 Å². The van der Waals surface area contributed by atoms with Gasteiger partial charge in [0.25, 0.3) is 0 Å². The van der Waals surface area contributed by atoms with Crippen molar-refractivity contribution in [2.75, 3.05) is 6.54 Å². The molecule has 2 rings (SSSR count). The third-order valence-electron chi connectivity index (χ3n) is 3.19. The standard InChI is InChI=1S/C13H19ClN2O2S/c1-10(2)6-8-16(11-3-4-11)19(17,18)12-5-7-15-13(14)9-12/h5,7,9-11H,3-4,6,8H2,1-2H3. The molecule has 0 radical (unpaired) electrons. The smallest absolute Gasteiger partial charge is 0.243 e. The van der Waals surface area contributed by atoms with E-state index >= 15 is 0 Å². The monoisotopic (exact) mass is 302 g/mol. The fraction of sp³-hybridized carbons (Fsp3) is 0.615. The van der Waals surface area contributed by atoms with Crippen molar-refractivity contribution in [2.45, 2.75) is 44.0 Å².